The van der Waals surface area contributed by atoms with E-state index in [-0.39, 0.29) is 0 Å². The minimum Gasteiger partial charge on any atom is -0.374 e. The van der Waals surface area contributed by atoms with Crippen LogP contribution in [0.1, 0.15) is 0 Å². The van der Waals surface area contributed by atoms with Gasteiger partial charge in [0.1, 0.15) is 0 Å². The summed E-state index contributed by atoms with van der Waals surface area (Å²) in [5.74, 6) is 0. The third-order valence-electron chi connectivity index (χ3n) is 3.22. The summed E-state index contributed by atoms with van der Waals surface area (Å²) in [5, 5.41) is 3.30. The second-order valence-electron chi connectivity index (χ2n) is 4.51. The van der Waals surface area contributed by atoms with Crippen molar-refractivity contribution >= 4 is 0 Å². The molecule has 2 aliphatic heterocycles. The van der Waals surface area contributed by atoms with Crippen molar-refractivity contribution in [1.82, 2.24) is 15.1 Å². The Kier molecular flexibility index (Phi) is 3.38. The summed E-state index contributed by atoms with van der Waals surface area (Å²) in [6, 6.07) is 0.728. The van der Waals surface area contributed by atoms with Gasteiger partial charge in [-0.2, -0.15) is 0 Å². The van der Waals surface area contributed by atoms with E-state index in [9.17, 15) is 0 Å². The lowest BCUT2D eigenvalue weighted by Crippen LogP contribution is -2.58. The second-order valence-corrected chi connectivity index (χ2v) is 4.51. The summed E-state index contributed by atoms with van der Waals surface area (Å²) in [6.45, 7) is 6.38. The minimum absolute atomic E-state index is 0.402. The third-order valence-corrected chi connectivity index (χ3v) is 3.22. The van der Waals surface area contributed by atoms with E-state index >= 15 is 0 Å². The number of nitrogens with one attached hydrogen (secondary N) is 1. The zero-order valence-corrected chi connectivity index (χ0v) is 9.20. The fourth-order valence-corrected chi connectivity index (χ4v) is 2.03. The first kappa shape index (κ1) is 10.4. The van der Waals surface area contributed by atoms with Crippen LogP contribution in [0.15, 0.2) is 0 Å². The summed E-state index contributed by atoms with van der Waals surface area (Å²) >= 11 is 0. The highest BCUT2D eigenvalue weighted by atomic mass is 16.5. The summed E-state index contributed by atoms with van der Waals surface area (Å²) < 4.78 is 5.73. The molecule has 4 heteroatoms. The zero-order chi connectivity index (χ0) is 9.97. The second kappa shape index (κ2) is 4.57. The molecule has 0 spiro atoms. The average molecular weight is 199 g/mol. The van der Waals surface area contributed by atoms with Crippen LogP contribution in [-0.2, 0) is 4.74 Å². The van der Waals surface area contributed by atoms with E-state index in [1.807, 2.05) is 0 Å². The Morgan fingerprint density at radius 1 is 1.50 bits per heavy atom. The van der Waals surface area contributed by atoms with Crippen LogP contribution >= 0.6 is 0 Å². The molecule has 0 radical (unpaired) electrons. The maximum absolute atomic E-state index is 5.73. The van der Waals surface area contributed by atoms with Crippen molar-refractivity contribution in [1.29, 1.82) is 0 Å². The lowest BCUT2D eigenvalue weighted by atomic mass is 10.1. The van der Waals surface area contributed by atoms with Gasteiger partial charge in [0.25, 0.3) is 0 Å². The molecule has 1 unspecified atom stereocenters. The van der Waals surface area contributed by atoms with Crippen molar-refractivity contribution in [3.63, 3.8) is 0 Å². The Bertz CT molecular complexity index is 184. The van der Waals surface area contributed by atoms with E-state index in [1.54, 1.807) is 0 Å². The highest BCUT2D eigenvalue weighted by Crippen LogP contribution is 2.08. The predicted octanol–water partition coefficient (Wildman–Crippen LogP) is -0.779. The number of hydrogen-bond donors (Lipinski definition) is 1. The number of likely N-dealkylation sites (N-methyl/N-ethyl adjacent to an activating group) is 2. The summed E-state index contributed by atoms with van der Waals surface area (Å²) in [6.07, 6.45) is 0.402. The fraction of sp³-hybridized carbons (Fsp3) is 1.00. The smallest absolute Gasteiger partial charge is 0.0829 e. The minimum atomic E-state index is 0.402. The standard InChI is InChI=1S/C10H21N3O/c1-12-3-4-14-10(7-12)8-13(2)9-5-11-6-9/h9-11H,3-8H2,1-2H3. The molecule has 14 heavy (non-hydrogen) atoms. The SMILES string of the molecule is CN1CCOC(CN(C)C2CNC2)C1. The number of rotatable bonds is 3. The average Bonchev–Trinajstić information content (AvgIpc) is 1.99. The molecule has 0 aromatic heterocycles. The van der Waals surface area contributed by atoms with Gasteiger partial charge in [-0.05, 0) is 14.1 Å². The number of ether oxygens (including phenoxy) is 1. The molecule has 4 nitrogen and oxygen atoms in total. The first-order valence-electron chi connectivity index (χ1n) is 5.47. The largest absolute Gasteiger partial charge is 0.374 e. The Morgan fingerprint density at radius 3 is 2.86 bits per heavy atom. The van der Waals surface area contributed by atoms with Gasteiger partial charge in [-0.15, -0.1) is 0 Å². The summed E-state index contributed by atoms with van der Waals surface area (Å²) in [7, 11) is 4.36. The van der Waals surface area contributed by atoms with E-state index in [0.717, 1.165) is 45.4 Å². The number of nitrogens with zero attached hydrogens (tertiary/aromatic N) is 2. The van der Waals surface area contributed by atoms with Gasteiger partial charge >= 0.3 is 0 Å². The van der Waals surface area contributed by atoms with Crippen LogP contribution in [0.2, 0.25) is 0 Å². The first-order chi connectivity index (χ1) is 6.75. The van der Waals surface area contributed by atoms with Gasteiger partial charge in [0.05, 0.1) is 12.7 Å². The molecule has 0 aromatic rings. The molecule has 2 rings (SSSR count). The summed E-state index contributed by atoms with van der Waals surface area (Å²) in [5.41, 5.74) is 0. The van der Waals surface area contributed by atoms with Crippen LogP contribution in [0.4, 0.5) is 0 Å². The van der Waals surface area contributed by atoms with Crippen molar-refractivity contribution in [2.24, 2.45) is 0 Å². The molecular weight excluding hydrogens is 178 g/mol. The van der Waals surface area contributed by atoms with Crippen LogP contribution in [0.25, 0.3) is 0 Å². The lowest BCUT2D eigenvalue weighted by molar-refractivity contribution is -0.0400. The topological polar surface area (TPSA) is 27.7 Å². The van der Waals surface area contributed by atoms with Gasteiger partial charge in [-0.25, -0.2) is 0 Å². The van der Waals surface area contributed by atoms with Gasteiger partial charge in [0.15, 0.2) is 0 Å². The van der Waals surface area contributed by atoms with Crippen molar-refractivity contribution < 1.29 is 4.74 Å². The van der Waals surface area contributed by atoms with E-state index in [0.29, 0.717) is 6.10 Å². The van der Waals surface area contributed by atoms with Crippen molar-refractivity contribution in [3.05, 3.63) is 0 Å². The molecular formula is C10H21N3O. The van der Waals surface area contributed by atoms with Crippen LogP contribution in [0, 0.1) is 0 Å². The normalized spacial score (nSPS) is 30.6. The Hall–Kier alpha value is -0.160. The Labute approximate surface area is 86.2 Å². The molecule has 0 amide bonds. The first-order valence-corrected chi connectivity index (χ1v) is 5.47. The van der Waals surface area contributed by atoms with Crippen LogP contribution < -0.4 is 5.32 Å². The van der Waals surface area contributed by atoms with E-state index in [2.05, 4.69) is 29.2 Å². The summed E-state index contributed by atoms with van der Waals surface area (Å²) in [4.78, 5) is 4.77. The van der Waals surface area contributed by atoms with Crippen molar-refractivity contribution in [3.8, 4) is 0 Å². The fourth-order valence-electron chi connectivity index (χ4n) is 2.03. The van der Waals surface area contributed by atoms with Crippen LogP contribution in [0.3, 0.4) is 0 Å². The molecule has 1 N–H and O–H groups in total. The molecule has 0 saturated carbocycles. The molecule has 82 valence electrons. The van der Waals surface area contributed by atoms with Crippen molar-refractivity contribution in [2.45, 2.75) is 12.1 Å². The third kappa shape index (κ3) is 2.45. The maximum atomic E-state index is 5.73. The van der Waals surface area contributed by atoms with Gasteiger partial charge < -0.3 is 15.0 Å². The predicted molar refractivity (Wildman–Crippen MR) is 56.5 cm³/mol. The maximum Gasteiger partial charge on any atom is 0.0829 e. The number of hydrogen-bond acceptors (Lipinski definition) is 4. The molecule has 2 heterocycles. The molecule has 0 aliphatic carbocycles. The van der Waals surface area contributed by atoms with Gasteiger partial charge in [-0.3, -0.25) is 4.90 Å². The van der Waals surface area contributed by atoms with E-state index in [4.69, 9.17) is 4.74 Å². The van der Waals surface area contributed by atoms with Crippen LogP contribution in [0.5, 0.6) is 0 Å². The van der Waals surface area contributed by atoms with Gasteiger partial charge in [-0.1, -0.05) is 0 Å². The quantitative estimate of drug-likeness (QED) is 0.645. The zero-order valence-electron chi connectivity index (χ0n) is 9.20. The molecule has 2 aliphatic rings. The molecule has 0 bridgehead atoms. The van der Waals surface area contributed by atoms with Crippen LogP contribution in [-0.4, -0.2) is 75.4 Å². The highest BCUT2D eigenvalue weighted by Gasteiger charge is 2.25. The molecule has 2 saturated heterocycles. The number of morpholine rings is 1. The molecule has 0 aromatic carbocycles. The monoisotopic (exact) mass is 199 g/mol. The van der Waals surface area contributed by atoms with Crippen molar-refractivity contribution in [2.75, 3.05) is 53.4 Å². The lowest BCUT2D eigenvalue weighted by Gasteiger charge is -2.39. The van der Waals surface area contributed by atoms with E-state index in [1.165, 1.54) is 0 Å². The Balaban J connectivity index is 1.72. The Morgan fingerprint density at radius 2 is 2.29 bits per heavy atom. The van der Waals surface area contributed by atoms with Gasteiger partial charge in [0.2, 0.25) is 0 Å². The van der Waals surface area contributed by atoms with E-state index < -0.39 is 0 Å². The van der Waals surface area contributed by atoms with Gasteiger partial charge in [0, 0.05) is 38.8 Å². The molecule has 1 atom stereocenters. The molecule has 2 fully saturated rings. The highest BCUT2D eigenvalue weighted by molar-refractivity contribution is 4.84.